The lowest BCUT2D eigenvalue weighted by Crippen LogP contribution is -2.21. The predicted molar refractivity (Wildman–Crippen MR) is 120 cm³/mol. The molecule has 0 saturated heterocycles. The summed E-state index contributed by atoms with van der Waals surface area (Å²) < 4.78 is 38.6. The molecular weight excluding hydrogens is 438 g/mol. The van der Waals surface area contributed by atoms with Crippen LogP contribution in [0.3, 0.4) is 0 Å². The quantitative estimate of drug-likeness (QED) is 0.433. The zero-order valence-corrected chi connectivity index (χ0v) is 17.8. The van der Waals surface area contributed by atoms with Crippen molar-refractivity contribution in [3.8, 4) is 29.0 Å². The molecule has 0 spiro atoms. The molecule has 0 bridgehead atoms. The fourth-order valence-electron chi connectivity index (χ4n) is 3.95. The van der Waals surface area contributed by atoms with Crippen molar-refractivity contribution in [3.05, 3.63) is 113 Å². The Morgan fingerprint density at radius 3 is 2.47 bits per heavy atom. The van der Waals surface area contributed by atoms with Gasteiger partial charge in [0.25, 0.3) is 0 Å². The molecule has 0 unspecified atom stereocenters. The van der Waals surface area contributed by atoms with Crippen molar-refractivity contribution >= 4 is 0 Å². The largest absolute Gasteiger partial charge is 0.489 e. The maximum absolute atomic E-state index is 13.9. The van der Waals surface area contributed by atoms with E-state index in [1.165, 1.54) is 18.2 Å². The second-order valence-corrected chi connectivity index (χ2v) is 7.70. The van der Waals surface area contributed by atoms with Crippen LogP contribution in [0.25, 0.3) is 11.3 Å². The average molecular weight is 456 g/mol. The average Bonchev–Trinajstić information content (AvgIpc) is 3.27. The summed E-state index contributed by atoms with van der Waals surface area (Å²) in [7, 11) is 0. The van der Waals surface area contributed by atoms with Gasteiger partial charge in [0.2, 0.25) is 11.8 Å². The number of nitrogens with two attached hydrogens (primary N) is 1. The summed E-state index contributed by atoms with van der Waals surface area (Å²) in [5.74, 6) is -0.495. The number of ether oxygens (including phenoxy) is 2. The van der Waals surface area contributed by atoms with Crippen LogP contribution < -0.4 is 15.2 Å². The highest BCUT2D eigenvalue weighted by Gasteiger charge is 2.35. The zero-order valence-electron chi connectivity index (χ0n) is 17.8. The van der Waals surface area contributed by atoms with Crippen LogP contribution in [-0.2, 0) is 6.61 Å². The monoisotopic (exact) mass is 456 g/mol. The Morgan fingerprint density at radius 2 is 1.76 bits per heavy atom. The van der Waals surface area contributed by atoms with Crippen LogP contribution in [-0.4, -0.2) is 10.2 Å². The molecule has 0 aliphatic carbocycles. The minimum absolute atomic E-state index is 0.0305. The van der Waals surface area contributed by atoms with Crippen LogP contribution in [0.15, 0.2) is 84.3 Å². The molecule has 168 valence electrons. The number of rotatable bonds is 5. The SMILES string of the molecule is N#CC1=C(N)Oc2n[nH]c(-c3ccc(F)cc3)c2[C@H]1c1ccc(OCc2ccccc2F)cc1. The number of halogens is 2. The topological polar surface area (TPSA) is 97.0 Å². The van der Waals surface area contributed by atoms with Gasteiger partial charge in [-0.05, 0) is 48.0 Å². The summed E-state index contributed by atoms with van der Waals surface area (Å²) in [6.45, 7) is 0.0835. The van der Waals surface area contributed by atoms with Gasteiger partial charge in [0, 0.05) is 11.1 Å². The maximum atomic E-state index is 13.9. The van der Waals surface area contributed by atoms with Crippen LogP contribution in [0.1, 0.15) is 22.6 Å². The van der Waals surface area contributed by atoms with Gasteiger partial charge < -0.3 is 15.2 Å². The van der Waals surface area contributed by atoms with E-state index in [0.717, 1.165) is 5.56 Å². The summed E-state index contributed by atoms with van der Waals surface area (Å²) in [6.07, 6.45) is 0. The van der Waals surface area contributed by atoms with Gasteiger partial charge >= 0.3 is 0 Å². The number of benzene rings is 3. The number of fused-ring (bicyclic) bond motifs is 1. The van der Waals surface area contributed by atoms with Gasteiger partial charge in [-0.15, -0.1) is 5.10 Å². The van der Waals surface area contributed by atoms with Crippen LogP contribution >= 0.6 is 0 Å². The molecule has 1 aliphatic heterocycles. The lowest BCUT2D eigenvalue weighted by molar-refractivity contribution is 0.300. The molecule has 2 heterocycles. The highest BCUT2D eigenvalue weighted by atomic mass is 19.1. The Kier molecular flexibility index (Phi) is 5.44. The molecule has 34 heavy (non-hydrogen) atoms. The van der Waals surface area contributed by atoms with Gasteiger partial charge in [0.1, 0.15) is 35.6 Å². The Labute approximate surface area is 193 Å². The number of hydrogen-bond donors (Lipinski definition) is 2. The van der Waals surface area contributed by atoms with Crippen molar-refractivity contribution in [1.29, 1.82) is 5.26 Å². The molecule has 0 radical (unpaired) electrons. The number of nitrogens with one attached hydrogen (secondary N) is 1. The first-order valence-electron chi connectivity index (χ1n) is 10.4. The van der Waals surface area contributed by atoms with Gasteiger partial charge in [-0.1, -0.05) is 30.3 Å². The van der Waals surface area contributed by atoms with E-state index in [1.54, 1.807) is 42.5 Å². The molecule has 1 aromatic heterocycles. The van der Waals surface area contributed by atoms with Gasteiger partial charge in [0.15, 0.2) is 0 Å². The van der Waals surface area contributed by atoms with E-state index in [9.17, 15) is 14.0 Å². The van der Waals surface area contributed by atoms with Crippen LogP contribution in [0.5, 0.6) is 11.6 Å². The van der Waals surface area contributed by atoms with Gasteiger partial charge in [-0.25, -0.2) is 8.78 Å². The van der Waals surface area contributed by atoms with E-state index in [2.05, 4.69) is 16.3 Å². The van der Waals surface area contributed by atoms with E-state index in [-0.39, 0.29) is 35.6 Å². The third-order valence-electron chi connectivity index (χ3n) is 5.64. The number of hydrogen-bond acceptors (Lipinski definition) is 5. The number of aromatic nitrogens is 2. The lowest BCUT2D eigenvalue weighted by atomic mass is 9.83. The molecule has 8 heteroatoms. The van der Waals surface area contributed by atoms with Crippen LogP contribution in [0, 0.1) is 23.0 Å². The Hall–Kier alpha value is -4.64. The van der Waals surface area contributed by atoms with Crippen molar-refractivity contribution in [3.63, 3.8) is 0 Å². The van der Waals surface area contributed by atoms with E-state index < -0.39 is 5.92 Å². The van der Waals surface area contributed by atoms with Gasteiger partial charge in [-0.2, -0.15) is 5.26 Å². The first-order chi connectivity index (χ1) is 16.5. The molecule has 3 N–H and O–H groups in total. The van der Waals surface area contributed by atoms with Crippen LogP contribution in [0.2, 0.25) is 0 Å². The van der Waals surface area contributed by atoms with Crippen molar-refractivity contribution in [1.82, 2.24) is 10.2 Å². The zero-order chi connectivity index (χ0) is 23.7. The molecule has 1 aliphatic rings. The summed E-state index contributed by atoms with van der Waals surface area (Å²) in [4.78, 5) is 0. The van der Waals surface area contributed by atoms with Gasteiger partial charge in [-0.3, -0.25) is 5.10 Å². The van der Waals surface area contributed by atoms with E-state index >= 15 is 0 Å². The Bertz CT molecular complexity index is 1420. The maximum Gasteiger partial charge on any atom is 0.244 e. The van der Waals surface area contributed by atoms with Crippen molar-refractivity contribution in [2.45, 2.75) is 12.5 Å². The van der Waals surface area contributed by atoms with Crippen molar-refractivity contribution < 1.29 is 18.3 Å². The molecule has 0 saturated carbocycles. The first kappa shape index (κ1) is 21.2. The third-order valence-corrected chi connectivity index (χ3v) is 5.64. The number of H-pyrrole nitrogens is 1. The molecule has 3 aromatic carbocycles. The second kappa shape index (κ2) is 8.71. The minimum atomic E-state index is -0.562. The summed E-state index contributed by atoms with van der Waals surface area (Å²) in [5, 5.41) is 17.0. The highest BCUT2D eigenvalue weighted by Crippen LogP contribution is 2.45. The highest BCUT2D eigenvalue weighted by molar-refractivity contribution is 5.70. The summed E-state index contributed by atoms with van der Waals surface area (Å²) >= 11 is 0. The third kappa shape index (κ3) is 3.84. The lowest BCUT2D eigenvalue weighted by Gasteiger charge is -2.24. The molecule has 5 rings (SSSR count). The van der Waals surface area contributed by atoms with Crippen LogP contribution in [0.4, 0.5) is 8.78 Å². The van der Waals surface area contributed by atoms with E-state index in [0.29, 0.717) is 28.1 Å². The van der Waals surface area contributed by atoms with Crippen molar-refractivity contribution in [2.75, 3.05) is 0 Å². The fraction of sp³-hybridized carbons (Fsp3) is 0.0769. The normalized spacial score (nSPS) is 14.8. The molecular formula is C26H18F2N4O2. The second-order valence-electron chi connectivity index (χ2n) is 7.70. The molecule has 1 atom stereocenters. The van der Waals surface area contributed by atoms with Gasteiger partial charge in [0.05, 0.1) is 17.2 Å². The Morgan fingerprint density at radius 1 is 1.03 bits per heavy atom. The standard InChI is InChI=1S/C26H18F2N4O2/c27-18-9-5-16(6-10-18)24-23-22(20(13-29)25(30)34-26(23)32-31-24)15-7-11-19(12-8-15)33-14-17-3-1-2-4-21(17)28/h1-12,22H,14,30H2,(H,31,32)/t22-/m0/s1. The van der Waals surface area contributed by atoms with E-state index in [4.69, 9.17) is 15.2 Å². The number of aromatic amines is 1. The number of nitrogens with zero attached hydrogens (tertiary/aromatic N) is 2. The molecule has 0 amide bonds. The predicted octanol–water partition coefficient (Wildman–Crippen LogP) is 5.15. The molecule has 4 aromatic rings. The Balaban J connectivity index is 1.49. The summed E-state index contributed by atoms with van der Waals surface area (Å²) in [6, 6.07) is 21.6. The molecule has 6 nitrogen and oxygen atoms in total. The van der Waals surface area contributed by atoms with Crippen molar-refractivity contribution in [2.24, 2.45) is 5.73 Å². The number of nitriles is 1. The molecule has 0 fully saturated rings. The minimum Gasteiger partial charge on any atom is -0.489 e. The fourth-order valence-corrected chi connectivity index (χ4v) is 3.95. The van der Waals surface area contributed by atoms with E-state index in [1.807, 2.05) is 12.1 Å². The first-order valence-corrected chi connectivity index (χ1v) is 10.4. The smallest absolute Gasteiger partial charge is 0.244 e. The number of allylic oxidation sites excluding steroid dienone is 1. The summed E-state index contributed by atoms with van der Waals surface area (Å²) in [5.41, 5.74) is 9.37.